The molecule has 0 radical (unpaired) electrons. The minimum Gasteiger partial charge on any atom is -0.481 e. The highest BCUT2D eigenvalue weighted by Crippen LogP contribution is 1.77. The molecule has 0 spiro atoms. The first-order valence-corrected chi connectivity index (χ1v) is 3.49. The van der Waals surface area contributed by atoms with Gasteiger partial charge in [0.25, 0.3) is 11.9 Å². The third kappa shape index (κ3) is 1150. The van der Waals surface area contributed by atoms with Crippen LogP contribution in [0.2, 0.25) is 0 Å². The van der Waals surface area contributed by atoms with E-state index in [4.69, 9.17) is 30.0 Å². The highest BCUT2D eigenvalue weighted by Gasteiger charge is 1.83. The summed E-state index contributed by atoms with van der Waals surface area (Å²) in [6.07, 6.45) is -0.699. The Kier molecular flexibility index (Phi) is 18.4. The lowest BCUT2D eigenvalue weighted by molar-refractivity contribution is -0.135. The molecule has 0 aliphatic heterocycles. The summed E-state index contributed by atoms with van der Waals surface area (Å²) in [6, 6.07) is 0. The van der Waals surface area contributed by atoms with Gasteiger partial charge < -0.3 is 20.4 Å². The van der Waals surface area contributed by atoms with Crippen LogP contribution in [0.5, 0.6) is 0 Å². The van der Waals surface area contributed by atoms with E-state index in [-0.39, 0.29) is 0 Å². The molecule has 0 aromatic heterocycles. The van der Waals surface area contributed by atoms with Crippen LogP contribution in [-0.2, 0) is 9.59 Å². The summed E-state index contributed by atoms with van der Waals surface area (Å²) < 4.78 is 0. The Labute approximate surface area is 76.4 Å². The van der Waals surface area contributed by atoms with Crippen molar-refractivity contribution in [1.29, 1.82) is 0 Å². The van der Waals surface area contributed by atoms with Crippen molar-refractivity contribution in [1.82, 2.24) is 0 Å². The monoisotopic (exact) mass is 196 g/mol. The molecule has 0 fully saturated rings. The van der Waals surface area contributed by atoms with E-state index in [1.807, 2.05) is 0 Å². The average molecular weight is 196 g/mol. The summed E-state index contributed by atoms with van der Waals surface area (Å²) in [5, 5.41) is 30.7. The molecule has 0 aromatic carbocycles. The zero-order valence-electron chi connectivity index (χ0n) is 7.89. The van der Waals surface area contributed by atoms with Gasteiger partial charge in [-0.15, -0.1) is 0 Å². The summed E-state index contributed by atoms with van der Waals surface area (Å²) in [7, 11) is 0. The van der Waals surface area contributed by atoms with Crippen molar-refractivity contribution in [3.63, 3.8) is 0 Å². The van der Waals surface area contributed by atoms with Gasteiger partial charge in [0.1, 0.15) is 0 Å². The van der Waals surface area contributed by atoms with Crippen LogP contribution in [0.15, 0.2) is 0 Å². The molecular weight excluding hydrogens is 180 g/mol. The van der Waals surface area contributed by atoms with E-state index < -0.39 is 18.2 Å². The van der Waals surface area contributed by atoms with Crippen molar-refractivity contribution in [2.45, 2.75) is 33.5 Å². The van der Waals surface area contributed by atoms with Gasteiger partial charge in [-0.2, -0.15) is 0 Å². The maximum atomic E-state index is 9.00. The van der Waals surface area contributed by atoms with Crippen LogP contribution in [0.1, 0.15) is 27.2 Å². The molecular formula is C7H16O6. The number of carboxylic acid groups (broad SMARTS) is 2. The SMILES string of the molecule is CC(=O)O.CC(=O)O.CCC(O)O. The van der Waals surface area contributed by atoms with Gasteiger partial charge in [-0.25, -0.2) is 0 Å². The fraction of sp³-hybridized carbons (Fsp3) is 0.714. The number of aliphatic carboxylic acids is 2. The Morgan fingerprint density at radius 1 is 1.08 bits per heavy atom. The molecule has 0 unspecified atom stereocenters. The number of aliphatic hydroxyl groups is 2. The largest absolute Gasteiger partial charge is 0.481 e. The lowest BCUT2D eigenvalue weighted by Crippen LogP contribution is -1.99. The fourth-order valence-electron chi connectivity index (χ4n) is 0. The lowest BCUT2D eigenvalue weighted by atomic mass is 10.5. The summed E-state index contributed by atoms with van der Waals surface area (Å²) in [6.45, 7) is 3.87. The first-order valence-electron chi connectivity index (χ1n) is 3.49. The predicted octanol–water partition coefficient (Wildman–Crippen LogP) is -0.111. The Morgan fingerprint density at radius 3 is 1.15 bits per heavy atom. The number of hydrogen-bond acceptors (Lipinski definition) is 4. The van der Waals surface area contributed by atoms with Gasteiger partial charge in [-0.3, -0.25) is 9.59 Å². The van der Waals surface area contributed by atoms with Crippen LogP contribution in [0.25, 0.3) is 0 Å². The Bertz CT molecular complexity index is 111. The van der Waals surface area contributed by atoms with E-state index in [9.17, 15) is 0 Å². The Hall–Kier alpha value is -1.14. The van der Waals surface area contributed by atoms with Crippen molar-refractivity contribution in [3.8, 4) is 0 Å². The summed E-state index contributed by atoms with van der Waals surface area (Å²) in [5.74, 6) is -1.67. The van der Waals surface area contributed by atoms with Crippen LogP contribution in [0.4, 0.5) is 0 Å². The number of aliphatic hydroxyl groups excluding tert-OH is 1. The molecule has 0 amide bonds. The zero-order chi connectivity index (χ0) is 11.4. The molecule has 0 bridgehead atoms. The smallest absolute Gasteiger partial charge is 0.300 e. The maximum Gasteiger partial charge on any atom is 0.300 e. The van der Waals surface area contributed by atoms with Crippen LogP contribution in [0, 0.1) is 0 Å². The molecule has 0 aliphatic carbocycles. The summed E-state index contributed by atoms with van der Waals surface area (Å²) in [4.78, 5) is 18.0. The Morgan fingerprint density at radius 2 is 1.15 bits per heavy atom. The average Bonchev–Trinajstić information content (AvgIpc) is 1.84. The van der Waals surface area contributed by atoms with Crippen LogP contribution >= 0.6 is 0 Å². The number of hydrogen-bond donors (Lipinski definition) is 4. The van der Waals surface area contributed by atoms with E-state index in [1.54, 1.807) is 6.92 Å². The molecule has 0 aliphatic rings. The van der Waals surface area contributed by atoms with Gasteiger partial charge in [-0.05, 0) is 6.42 Å². The van der Waals surface area contributed by atoms with Crippen molar-refractivity contribution in [2.24, 2.45) is 0 Å². The molecule has 0 heterocycles. The molecule has 0 saturated carbocycles. The number of carbonyl (C=O) groups is 2. The molecule has 80 valence electrons. The topological polar surface area (TPSA) is 115 Å². The van der Waals surface area contributed by atoms with Crippen molar-refractivity contribution in [3.05, 3.63) is 0 Å². The summed E-state index contributed by atoms with van der Waals surface area (Å²) in [5.41, 5.74) is 0. The van der Waals surface area contributed by atoms with Crippen LogP contribution < -0.4 is 0 Å². The van der Waals surface area contributed by atoms with Gasteiger partial charge in [0.15, 0.2) is 6.29 Å². The summed E-state index contributed by atoms with van der Waals surface area (Å²) >= 11 is 0. The molecule has 0 rings (SSSR count). The van der Waals surface area contributed by atoms with Gasteiger partial charge in [0, 0.05) is 13.8 Å². The Balaban J connectivity index is -0.000000117. The minimum absolute atomic E-state index is 0.417. The van der Waals surface area contributed by atoms with Gasteiger partial charge in [-0.1, -0.05) is 6.92 Å². The predicted molar refractivity (Wildman–Crippen MR) is 45.1 cm³/mol. The number of carboxylic acids is 2. The maximum absolute atomic E-state index is 9.00. The second kappa shape index (κ2) is 13.4. The highest BCUT2D eigenvalue weighted by molar-refractivity contribution is 5.63. The quantitative estimate of drug-likeness (QED) is 0.435. The molecule has 13 heavy (non-hydrogen) atoms. The fourth-order valence-corrected chi connectivity index (χ4v) is 0. The first-order chi connectivity index (χ1) is 5.73. The van der Waals surface area contributed by atoms with Crippen molar-refractivity contribution < 1.29 is 30.0 Å². The third-order valence-electron chi connectivity index (χ3n) is 0.365. The minimum atomic E-state index is -1.12. The van der Waals surface area contributed by atoms with Crippen molar-refractivity contribution >= 4 is 11.9 Å². The number of rotatable bonds is 1. The van der Waals surface area contributed by atoms with E-state index in [2.05, 4.69) is 0 Å². The first kappa shape index (κ1) is 17.8. The molecule has 0 saturated heterocycles. The molecule has 6 heteroatoms. The third-order valence-corrected chi connectivity index (χ3v) is 0.365. The van der Waals surface area contributed by atoms with E-state index in [0.29, 0.717) is 6.42 Å². The molecule has 4 N–H and O–H groups in total. The molecule has 6 nitrogen and oxygen atoms in total. The van der Waals surface area contributed by atoms with E-state index in [0.717, 1.165) is 13.8 Å². The molecule has 0 aromatic rings. The van der Waals surface area contributed by atoms with Crippen molar-refractivity contribution in [2.75, 3.05) is 0 Å². The van der Waals surface area contributed by atoms with Gasteiger partial charge >= 0.3 is 0 Å². The highest BCUT2D eigenvalue weighted by atomic mass is 16.5. The second-order valence-corrected chi connectivity index (χ2v) is 1.93. The molecule has 0 atom stereocenters. The van der Waals surface area contributed by atoms with Gasteiger partial charge in [0.2, 0.25) is 0 Å². The standard InChI is InChI=1S/C3H8O2.2C2H4O2/c1-2-3(4)5;2*1-2(3)4/h3-5H,2H2,1H3;2*1H3,(H,3,4). The van der Waals surface area contributed by atoms with Crippen LogP contribution in [0.3, 0.4) is 0 Å². The normalized spacial score (nSPS) is 7.54. The lowest BCUT2D eigenvalue weighted by Gasteiger charge is -1.90. The van der Waals surface area contributed by atoms with E-state index >= 15 is 0 Å². The van der Waals surface area contributed by atoms with E-state index in [1.165, 1.54) is 0 Å². The van der Waals surface area contributed by atoms with Crippen LogP contribution in [-0.4, -0.2) is 38.7 Å². The second-order valence-electron chi connectivity index (χ2n) is 1.93. The van der Waals surface area contributed by atoms with Gasteiger partial charge in [0.05, 0.1) is 0 Å². The zero-order valence-corrected chi connectivity index (χ0v) is 7.89.